The second kappa shape index (κ2) is 8.11. The molecule has 0 aromatic carbocycles. The zero-order valence-corrected chi connectivity index (χ0v) is 18.9. The molecule has 1 atom stereocenters. The Morgan fingerprint density at radius 3 is 2.62 bits per heavy atom. The average Bonchev–Trinajstić information content (AvgIpc) is 3.26. The van der Waals surface area contributed by atoms with Crippen molar-refractivity contribution in [3.8, 4) is 0 Å². The highest BCUT2D eigenvalue weighted by molar-refractivity contribution is 7.91. The summed E-state index contributed by atoms with van der Waals surface area (Å²) < 4.78 is 29.2. The van der Waals surface area contributed by atoms with E-state index in [1.54, 1.807) is 12.1 Å². The molecule has 0 aliphatic carbocycles. The lowest BCUT2D eigenvalue weighted by Crippen LogP contribution is -2.49. The first-order valence-electron chi connectivity index (χ1n) is 9.87. The molecule has 7 nitrogen and oxygen atoms in total. The molecule has 0 spiro atoms. The Morgan fingerprint density at radius 2 is 1.93 bits per heavy atom. The van der Waals surface area contributed by atoms with E-state index in [9.17, 15) is 13.2 Å². The number of hydrogen-bond acceptors (Lipinski definition) is 6. The second-order valence-corrected chi connectivity index (χ2v) is 11.3. The van der Waals surface area contributed by atoms with E-state index in [2.05, 4.69) is 28.5 Å². The molecule has 2 fully saturated rings. The van der Waals surface area contributed by atoms with Crippen LogP contribution in [0, 0.1) is 0 Å². The van der Waals surface area contributed by atoms with Gasteiger partial charge < -0.3 is 9.80 Å². The van der Waals surface area contributed by atoms with Crippen LogP contribution in [0.5, 0.6) is 0 Å². The first-order chi connectivity index (χ1) is 13.7. The van der Waals surface area contributed by atoms with Gasteiger partial charge in [0.25, 0.3) is 10.0 Å². The van der Waals surface area contributed by atoms with E-state index in [0.717, 1.165) is 42.0 Å². The Bertz CT molecular complexity index is 1020. The summed E-state index contributed by atoms with van der Waals surface area (Å²) in [5, 5.41) is 0.317. The molecule has 0 unspecified atom stereocenters. The second-order valence-electron chi connectivity index (χ2n) is 7.94. The van der Waals surface area contributed by atoms with E-state index in [0.29, 0.717) is 29.7 Å². The zero-order chi connectivity index (χ0) is 20.8. The van der Waals surface area contributed by atoms with Crippen LogP contribution < -0.4 is 4.72 Å². The number of nitrogens with one attached hydrogen (secondary N) is 1. The Hall–Kier alpha value is -1.26. The van der Waals surface area contributed by atoms with Gasteiger partial charge in [-0.1, -0.05) is 11.6 Å². The number of thiophene rings is 1. The fourth-order valence-electron chi connectivity index (χ4n) is 4.14. The van der Waals surface area contributed by atoms with Crippen molar-refractivity contribution >= 4 is 49.1 Å². The molecule has 0 saturated carbocycles. The molecule has 158 valence electrons. The lowest BCUT2D eigenvalue weighted by molar-refractivity contribution is -0.131. The molecule has 10 heteroatoms. The van der Waals surface area contributed by atoms with Crippen LogP contribution in [-0.2, 0) is 14.8 Å². The molecule has 1 amide bonds. The van der Waals surface area contributed by atoms with Gasteiger partial charge in [0.1, 0.15) is 15.4 Å². The molecule has 29 heavy (non-hydrogen) atoms. The highest BCUT2D eigenvalue weighted by Crippen LogP contribution is 2.30. The van der Waals surface area contributed by atoms with Crippen molar-refractivity contribution in [3.05, 3.63) is 23.4 Å². The van der Waals surface area contributed by atoms with Gasteiger partial charge in [0, 0.05) is 31.7 Å². The van der Waals surface area contributed by atoms with Crippen LogP contribution in [0.3, 0.4) is 0 Å². The smallest absolute Gasteiger partial charge is 0.250 e. The van der Waals surface area contributed by atoms with Gasteiger partial charge in [-0.3, -0.25) is 4.79 Å². The highest BCUT2D eigenvalue weighted by Gasteiger charge is 2.39. The van der Waals surface area contributed by atoms with Crippen molar-refractivity contribution in [2.75, 3.05) is 19.6 Å². The summed E-state index contributed by atoms with van der Waals surface area (Å²) in [7, 11) is -3.80. The fourth-order valence-corrected chi connectivity index (χ4v) is 6.86. The predicted octanol–water partition coefficient (Wildman–Crippen LogP) is 2.70. The molecule has 0 radical (unpaired) electrons. The Balaban J connectivity index is 1.43. The zero-order valence-electron chi connectivity index (χ0n) is 16.5. The van der Waals surface area contributed by atoms with Gasteiger partial charge >= 0.3 is 0 Å². The third-order valence-electron chi connectivity index (χ3n) is 5.79. The van der Waals surface area contributed by atoms with Crippen molar-refractivity contribution in [1.29, 1.82) is 0 Å². The van der Waals surface area contributed by atoms with Crippen molar-refractivity contribution in [2.24, 2.45) is 0 Å². The van der Waals surface area contributed by atoms with Gasteiger partial charge in [-0.15, -0.1) is 11.3 Å². The lowest BCUT2D eigenvalue weighted by Gasteiger charge is -2.38. The van der Waals surface area contributed by atoms with E-state index in [4.69, 9.17) is 11.6 Å². The maximum atomic E-state index is 12.9. The Morgan fingerprint density at radius 1 is 1.21 bits per heavy atom. The van der Waals surface area contributed by atoms with Crippen LogP contribution in [0.25, 0.3) is 10.2 Å². The molecule has 4 rings (SSSR count). The number of halogens is 1. The fraction of sp³-hybridized carbons (Fsp3) is 0.579. The van der Waals surface area contributed by atoms with Crippen LogP contribution in [0.2, 0.25) is 5.15 Å². The quantitative estimate of drug-likeness (QED) is 0.699. The average molecular weight is 457 g/mol. The van der Waals surface area contributed by atoms with E-state index in [-0.39, 0.29) is 16.2 Å². The molecule has 2 aliphatic rings. The van der Waals surface area contributed by atoms with Crippen LogP contribution in [-0.4, -0.2) is 66.9 Å². The number of piperidine rings is 1. The minimum Gasteiger partial charge on any atom is -0.338 e. The number of rotatable bonds is 5. The summed E-state index contributed by atoms with van der Waals surface area (Å²) in [5.41, 5.74) is 0.541. The monoisotopic (exact) mass is 456 g/mol. The third kappa shape index (κ3) is 4.29. The molecule has 2 aromatic heterocycles. The van der Waals surface area contributed by atoms with Crippen LogP contribution in [0.1, 0.15) is 33.1 Å². The topological polar surface area (TPSA) is 82.6 Å². The van der Waals surface area contributed by atoms with Crippen LogP contribution >= 0.6 is 22.9 Å². The standard InChI is InChI=1S/C19H25ClN4O3S2/c1-12(2)23-8-5-13(6-9-23)24-10-7-14(19(24)25)22-29(26,27)18-11-15-16(28-18)3-4-17(20)21-15/h3-4,11-14,22H,5-10H2,1-2H3/t14-/m0/s1. The summed E-state index contributed by atoms with van der Waals surface area (Å²) in [6.07, 6.45) is 2.37. The summed E-state index contributed by atoms with van der Waals surface area (Å²) in [6.45, 7) is 6.91. The van der Waals surface area contributed by atoms with E-state index in [1.807, 2.05) is 4.90 Å². The number of sulfonamides is 1. The predicted molar refractivity (Wildman–Crippen MR) is 115 cm³/mol. The molecule has 0 bridgehead atoms. The van der Waals surface area contributed by atoms with Gasteiger partial charge in [-0.05, 0) is 51.3 Å². The molecule has 1 N–H and O–H groups in total. The Kier molecular flexibility index (Phi) is 5.87. The van der Waals surface area contributed by atoms with Crippen molar-refractivity contribution < 1.29 is 13.2 Å². The van der Waals surface area contributed by atoms with Crippen molar-refractivity contribution in [1.82, 2.24) is 19.5 Å². The first-order valence-corrected chi connectivity index (χ1v) is 12.6. The van der Waals surface area contributed by atoms with Gasteiger partial charge in [-0.25, -0.2) is 13.4 Å². The normalized spacial score (nSPS) is 22.3. The molecular weight excluding hydrogens is 432 g/mol. The maximum absolute atomic E-state index is 12.9. The summed E-state index contributed by atoms with van der Waals surface area (Å²) in [5.74, 6) is -0.112. The molecule has 4 heterocycles. The van der Waals surface area contributed by atoms with Gasteiger partial charge in [-0.2, -0.15) is 4.72 Å². The first kappa shape index (κ1) is 21.0. The Labute approximate surface area is 180 Å². The van der Waals surface area contributed by atoms with E-state index >= 15 is 0 Å². The molecular formula is C19H25ClN4O3S2. The van der Waals surface area contributed by atoms with Crippen LogP contribution in [0.4, 0.5) is 0 Å². The minimum absolute atomic E-state index is 0.112. The summed E-state index contributed by atoms with van der Waals surface area (Å²) >= 11 is 7.02. The van der Waals surface area contributed by atoms with Gasteiger partial charge in [0.15, 0.2) is 0 Å². The van der Waals surface area contributed by atoms with Gasteiger partial charge in [0.2, 0.25) is 5.91 Å². The highest BCUT2D eigenvalue weighted by atomic mass is 35.5. The number of carbonyl (C=O) groups excluding carboxylic acids is 1. The summed E-state index contributed by atoms with van der Waals surface area (Å²) in [6, 6.07) is 4.89. The SMILES string of the molecule is CC(C)N1CCC(N2CC[C@H](NS(=O)(=O)c3cc4nc(Cl)ccc4s3)C2=O)CC1. The number of pyridine rings is 1. The number of likely N-dealkylation sites (tertiary alicyclic amines) is 2. The number of amides is 1. The van der Waals surface area contributed by atoms with Gasteiger partial charge in [0.05, 0.1) is 10.2 Å². The molecule has 2 aromatic rings. The van der Waals surface area contributed by atoms with Crippen molar-refractivity contribution in [3.63, 3.8) is 0 Å². The largest absolute Gasteiger partial charge is 0.338 e. The van der Waals surface area contributed by atoms with E-state index < -0.39 is 16.1 Å². The number of hydrogen-bond donors (Lipinski definition) is 1. The lowest BCUT2D eigenvalue weighted by atomic mass is 10.0. The molecule has 2 aliphatic heterocycles. The van der Waals surface area contributed by atoms with Crippen LogP contribution in [0.15, 0.2) is 22.4 Å². The summed E-state index contributed by atoms with van der Waals surface area (Å²) in [4.78, 5) is 21.3. The minimum atomic E-state index is -3.80. The number of nitrogens with zero attached hydrogens (tertiary/aromatic N) is 3. The van der Waals surface area contributed by atoms with Crippen molar-refractivity contribution in [2.45, 2.75) is 55.4 Å². The maximum Gasteiger partial charge on any atom is 0.250 e. The number of fused-ring (bicyclic) bond motifs is 1. The van der Waals surface area contributed by atoms with E-state index in [1.165, 1.54) is 6.07 Å². The third-order valence-corrected chi connectivity index (χ3v) is 9.03. The molecule has 2 saturated heterocycles. The number of aromatic nitrogens is 1. The number of carbonyl (C=O) groups is 1.